The zero-order chi connectivity index (χ0) is 22.1. The van der Waals surface area contributed by atoms with Crippen LogP contribution in [0.25, 0.3) is 0 Å². The predicted molar refractivity (Wildman–Crippen MR) is 117 cm³/mol. The van der Waals surface area contributed by atoms with Crippen molar-refractivity contribution in [3.63, 3.8) is 0 Å². The van der Waals surface area contributed by atoms with Crippen molar-refractivity contribution >= 4 is 17.7 Å². The van der Waals surface area contributed by atoms with Crippen molar-refractivity contribution in [2.45, 2.75) is 77.9 Å². The van der Waals surface area contributed by atoms with Crippen LogP contribution in [0.2, 0.25) is 0 Å². The van der Waals surface area contributed by atoms with E-state index in [0.717, 1.165) is 19.3 Å². The van der Waals surface area contributed by atoms with Crippen LogP contribution in [0.3, 0.4) is 0 Å². The first-order chi connectivity index (χ1) is 14.3. The maximum Gasteiger partial charge on any atom is 0.329 e. The van der Waals surface area contributed by atoms with E-state index in [9.17, 15) is 14.4 Å². The minimum atomic E-state index is -0.735. The van der Waals surface area contributed by atoms with Crippen molar-refractivity contribution in [2.75, 3.05) is 13.1 Å². The molecule has 1 aromatic rings. The number of amides is 1. The largest absolute Gasteiger partial charge is 0.461 e. The Morgan fingerprint density at radius 2 is 1.87 bits per heavy atom. The maximum atomic E-state index is 13.0. The molecule has 0 saturated carbocycles. The van der Waals surface area contributed by atoms with E-state index < -0.39 is 29.1 Å². The first-order valence-corrected chi connectivity index (χ1v) is 11.1. The molecule has 166 valence electrons. The number of ketones is 1. The van der Waals surface area contributed by atoms with Gasteiger partial charge in [-0.15, -0.1) is 0 Å². The van der Waals surface area contributed by atoms with Gasteiger partial charge < -0.3 is 15.4 Å². The Hall–Kier alpha value is -2.21. The van der Waals surface area contributed by atoms with Gasteiger partial charge in [0, 0.05) is 12.0 Å². The van der Waals surface area contributed by atoms with Crippen molar-refractivity contribution in [1.82, 2.24) is 4.90 Å². The fourth-order valence-corrected chi connectivity index (χ4v) is 3.66. The number of hydrogen-bond acceptors (Lipinski definition) is 5. The Kier molecular flexibility index (Phi) is 9.03. The molecule has 1 amide bonds. The summed E-state index contributed by atoms with van der Waals surface area (Å²) in [6.45, 7) is 6.26. The molecule has 0 radical (unpaired) electrons. The number of aryl methyl sites for hydroxylation is 1. The molecule has 2 N–H and O–H groups in total. The van der Waals surface area contributed by atoms with Gasteiger partial charge in [-0.2, -0.15) is 0 Å². The number of esters is 1. The van der Waals surface area contributed by atoms with E-state index >= 15 is 0 Å². The van der Waals surface area contributed by atoms with Crippen molar-refractivity contribution in [3.8, 4) is 0 Å². The highest BCUT2D eigenvalue weighted by molar-refractivity contribution is 6.38. The van der Waals surface area contributed by atoms with Crippen LogP contribution in [0, 0.1) is 5.41 Å². The van der Waals surface area contributed by atoms with Gasteiger partial charge in [-0.3, -0.25) is 9.59 Å². The quantitative estimate of drug-likeness (QED) is 0.467. The second-order valence-corrected chi connectivity index (χ2v) is 8.74. The molecule has 1 fully saturated rings. The fraction of sp³-hybridized carbons (Fsp3) is 0.625. The van der Waals surface area contributed by atoms with Crippen LogP contribution in [0.4, 0.5) is 0 Å². The van der Waals surface area contributed by atoms with Crippen LogP contribution in [0.15, 0.2) is 30.3 Å². The molecule has 0 aliphatic carbocycles. The van der Waals surface area contributed by atoms with E-state index in [0.29, 0.717) is 38.8 Å². The highest BCUT2D eigenvalue weighted by Crippen LogP contribution is 2.26. The third-order valence-electron chi connectivity index (χ3n) is 6.10. The Morgan fingerprint density at radius 1 is 1.17 bits per heavy atom. The standard InChI is InChI=1S/C24H36N2O4/c1-4-24(2,3)21(27)22(28)26-17-9-8-12-20(26)23(29)30-19(15-16-25)14-13-18-10-6-5-7-11-18/h5-7,10-11,19-20H,4,8-9,12-17,25H2,1-3H3/t19?,20-/m0/s1. The van der Waals surface area contributed by atoms with Gasteiger partial charge in [0.1, 0.15) is 12.1 Å². The van der Waals surface area contributed by atoms with Gasteiger partial charge in [0.15, 0.2) is 0 Å². The van der Waals surface area contributed by atoms with Crippen molar-refractivity contribution in [2.24, 2.45) is 11.1 Å². The molecule has 1 aliphatic rings. The fourth-order valence-electron chi connectivity index (χ4n) is 3.66. The Balaban J connectivity index is 2.05. The molecule has 1 aromatic carbocycles. The number of likely N-dealkylation sites (tertiary alicyclic amines) is 1. The molecular weight excluding hydrogens is 380 g/mol. The monoisotopic (exact) mass is 416 g/mol. The van der Waals surface area contributed by atoms with E-state index in [4.69, 9.17) is 10.5 Å². The number of benzene rings is 1. The van der Waals surface area contributed by atoms with Gasteiger partial charge in [0.2, 0.25) is 5.78 Å². The molecule has 6 heteroatoms. The van der Waals surface area contributed by atoms with Crippen LogP contribution in [0.5, 0.6) is 0 Å². The lowest BCUT2D eigenvalue weighted by atomic mass is 9.84. The Bertz CT molecular complexity index is 717. The van der Waals surface area contributed by atoms with Gasteiger partial charge in [-0.1, -0.05) is 51.1 Å². The summed E-state index contributed by atoms with van der Waals surface area (Å²) < 4.78 is 5.80. The van der Waals surface area contributed by atoms with E-state index in [1.807, 2.05) is 37.3 Å². The molecule has 0 aromatic heterocycles. The predicted octanol–water partition coefficient (Wildman–Crippen LogP) is 3.27. The van der Waals surface area contributed by atoms with Crippen LogP contribution in [-0.4, -0.2) is 47.8 Å². The molecule has 0 bridgehead atoms. The second-order valence-electron chi connectivity index (χ2n) is 8.74. The summed E-state index contributed by atoms with van der Waals surface area (Å²) in [6.07, 6.45) is 4.45. The number of carbonyl (C=O) groups is 3. The molecule has 1 unspecified atom stereocenters. The molecule has 2 atom stereocenters. The first kappa shape index (κ1) is 24.1. The highest BCUT2D eigenvalue weighted by atomic mass is 16.5. The third-order valence-corrected chi connectivity index (χ3v) is 6.10. The molecule has 30 heavy (non-hydrogen) atoms. The highest BCUT2D eigenvalue weighted by Gasteiger charge is 2.40. The van der Waals surface area contributed by atoms with Crippen molar-refractivity contribution in [3.05, 3.63) is 35.9 Å². The van der Waals surface area contributed by atoms with Crippen molar-refractivity contribution < 1.29 is 19.1 Å². The molecule has 2 rings (SSSR count). The molecule has 6 nitrogen and oxygen atoms in total. The summed E-state index contributed by atoms with van der Waals surface area (Å²) in [7, 11) is 0. The minimum Gasteiger partial charge on any atom is -0.461 e. The maximum absolute atomic E-state index is 13.0. The summed E-state index contributed by atoms with van der Waals surface area (Å²) in [5, 5.41) is 0. The Morgan fingerprint density at radius 3 is 2.50 bits per heavy atom. The number of nitrogens with zero attached hydrogens (tertiary/aromatic N) is 1. The molecule has 0 spiro atoms. The van der Waals surface area contributed by atoms with Crippen LogP contribution >= 0.6 is 0 Å². The summed E-state index contributed by atoms with van der Waals surface area (Å²) in [4.78, 5) is 40.0. The van der Waals surface area contributed by atoms with Crippen LogP contribution in [-0.2, 0) is 25.5 Å². The SMILES string of the molecule is CCC(C)(C)C(=O)C(=O)N1CCCC[C@H]1C(=O)OC(CCN)CCc1ccccc1. The summed E-state index contributed by atoms with van der Waals surface area (Å²) >= 11 is 0. The number of nitrogens with two attached hydrogens (primary N) is 1. The lowest BCUT2D eigenvalue weighted by Gasteiger charge is -2.36. The summed E-state index contributed by atoms with van der Waals surface area (Å²) in [5.74, 6) is -1.42. The zero-order valence-corrected chi connectivity index (χ0v) is 18.6. The van der Waals surface area contributed by atoms with Gasteiger partial charge in [0.05, 0.1) is 0 Å². The van der Waals surface area contributed by atoms with Crippen molar-refractivity contribution in [1.29, 1.82) is 0 Å². The lowest BCUT2D eigenvalue weighted by Crippen LogP contribution is -2.53. The average Bonchev–Trinajstić information content (AvgIpc) is 2.77. The number of hydrogen-bond donors (Lipinski definition) is 1. The molecular formula is C24H36N2O4. The number of carbonyl (C=O) groups excluding carboxylic acids is 3. The van der Waals surface area contributed by atoms with Gasteiger partial charge >= 0.3 is 5.97 Å². The average molecular weight is 417 g/mol. The Labute approximate surface area is 180 Å². The zero-order valence-electron chi connectivity index (χ0n) is 18.6. The number of ether oxygens (including phenoxy) is 1. The van der Waals surface area contributed by atoms with Crippen LogP contribution in [0.1, 0.15) is 64.9 Å². The number of piperidine rings is 1. The number of rotatable bonds is 10. The van der Waals surface area contributed by atoms with Gasteiger partial charge in [-0.05, 0) is 57.1 Å². The van der Waals surface area contributed by atoms with Crippen LogP contribution < -0.4 is 5.73 Å². The number of Topliss-reactive ketones (excluding diaryl/α,β-unsaturated/α-hetero) is 1. The van der Waals surface area contributed by atoms with E-state index in [1.54, 1.807) is 13.8 Å². The van der Waals surface area contributed by atoms with Gasteiger partial charge in [-0.25, -0.2) is 4.79 Å². The first-order valence-electron chi connectivity index (χ1n) is 11.1. The van der Waals surface area contributed by atoms with E-state index in [2.05, 4.69) is 0 Å². The van der Waals surface area contributed by atoms with Gasteiger partial charge in [0.25, 0.3) is 5.91 Å². The molecule has 1 saturated heterocycles. The lowest BCUT2D eigenvalue weighted by molar-refractivity contribution is -0.164. The second kappa shape index (κ2) is 11.3. The minimum absolute atomic E-state index is 0.302. The summed E-state index contributed by atoms with van der Waals surface area (Å²) in [5.41, 5.74) is 6.17. The van der Waals surface area contributed by atoms with E-state index in [1.165, 1.54) is 10.5 Å². The third kappa shape index (κ3) is 6.39. The normalized spacial score (nSPS) is 18.0. The summed E-state index contributed by atoms with van der Waals surface area (Å²) in [6, 6.07) is 9.34. The smallest absolute Gasteiger partial charge is 0.329 e. The molecule has 1 heterocycles. The topological polar surface area (TPSA) is 89.7 Å². The molecule has 1 aliphatic heterocycles. The van der Waals surface area contributed by atoms with E-state index in [-0.39, 0.29) is 6.10 Å².